The molecular formula is C24H24N2O5S. The minimum absolute atomic E-state index is 0.186. The molecule has 0 heterocycles. The molecule has 0 fully saturated rings. The van der Waals surface area contributed by atoms with Crippen LogP contribution in [0.25, 0.3) is 0 Å². The number of amides is 2. The normalized spacial score (nSPS) is 10.2. The highest BCUT2D eigenvalue weighted by atomic mass is 32.2. The van der Waals surface area contributed by atoms with Gasteiger partial charge in [-0.25, -0.2) is 0 Å². The smallest absolute Gasteiger partial charge is 0.255 e. The third kappa shape index (κ3) is 6.18. The van der Waals surface area contributed by atoms with E-state index < -0.39 is 0 Å². The Balaban J connectivity index is 1.58. The zero-order valence-corrected chi connectivity index (χ0v) is 18.8. The summed E-state index contributed by atoms with van der Waals surface area (Å²) in [6, 6.07) is 19.4. The summed E-state index contributed by atoms with van der Waals surface area (Å²) < 4.78 is 15.6. The lowest BCUT2D eigenvalue weighted by Crippen LogP contribution is -2.15. The molecule has 0 radical (unpaired) electrons. The first-order valence-corrected chi connectivity index (χ1v) is 10.7. The van der Waals surface area contributed by atoms with Gasteiger partial charge >= 0.3 is 0 Å². The first kappa shape index (κ1) is 23.0. The quantitative estimate of drug-likeness (QED) is 0.458. The lowest BCUT2D eigenvalue weighted by atomic mass is 10.2. The van der Waals surface area contributed by atoms with Crippen LogP contribution in [0.2, 0.25) is 0 Å². The maximum Gasteiger partial charge on any atom is 0.255 e. The highest BCUT2D eigenvalue weighted by molar-refractivity contribution is 8.00. The zero-order chi connectivity index (χ0) is 22.9. The maximum absolute atomic E-state index is 12.5. The van der Waals surface area contributed by atoms with Crippen molar-refractivity contribution < 1.29 is 23.8 Å². The summed E-state index contributed by atoms with van der Waals surface area (Å²) in [5, 5.41) is 5.71. The molecule has 0 spiro atoms. The van der Waals surface area contributed by atoms with Gasteiger partial charge in [0, 0.05) is 22.2 Å². The Hall–Kier alpha value is -3.65. The van der Waals surface area contributed by atoms with Gasteiger partial charge in [-0.15, -0.1) is 11.8 Å². The number of carbonyl (C=O) groups excluding carboxylic acids is 2. The molecule has 0 aromatic heterocycles. The van der Waals surface area contributed by atoms with Gasteiger partial charge in [-0.1, -0.05) is 6.07 Å². The molecular weight excluding hydrogens is 428 g/mol. The largest absolute Gasteiger partial charge is 0.497 e. The number of thioether (sulfide) groups is 1. The van der Waals surface area contributed by atoms with Gasteiger partial charge in [0.05, 0.1) is 32.8 Å². The van der Waals surface area contributed by atoms with Crippen LogP contribution in [0.3, 0.4) is 0 Å². The second-order valence-corrected chi connectivity index (χ2v) is 7.66. The van der Waals surface area contributed by atoms with E-state index in [1.165, 1.54) is 18.9 Å². The van der Waals surface area contributed by atoms with Crippen molar-refractivity contribution in [3.63, 3.8) is 0 Å². The van der Waals surface area contributed by atoms with E-state index in [1.54, 1.807) is 62.8 Å². The Labute approximate surface area is 191 Å². The highest BCUT2D eigenvalue weighted by Gasteiger charge is 2.11. The van der Waals surface area contributed by atoms with Crippen LogP contribution < -0.4 is 24.8 Å². The molecule has 2 amide bonds. The lowest BCUT2D eigenvalue weighted by Gasteiger charge is -2.12. The molecule has 0 bridgehead atoms. The number of ether oxygens (including phenoxy) is 3. The third-order valence-corrected chi connectivity index (χ3v) is 5.49. The van der Waals surface area contributed by atoms with E-state index in [4.69, 9.17) is 14.2 Å². The van der Waals surface area contributed by atoms with Crippen molar-refractivity contribution in [3.05, 3.63) is 72.3 Å². The summed E-state index contributed by atoms with van der Waals surface area (Å²) >= 11 is 1.36. The van der Waals surface area contributed by atoms with Gasteiger partial charge < -0.3 is 24.8 Å². The topological polar surface area (TPSA) is 85.9 Å². The van der Waals surface area contributed by atoms with Crippen molar-refractivity contribution in [3.8, 4) is 17.2 Å². The lowest BCUT2D eigenvalue weighted by molar-refractivity contribution is -0.113. The Morgan fingerprint density at radius 2 is 1.53 bits per heavy atom. The summed E-state index contributed by atoms with van der Waals surface area (Å²) in [5.41, 5.74) is 1.71. The number of carbonyl (C=O) groups is 2. The second-order valence-electron chi connectivity index (χ2n) is 6.61. The van der Waals surface area contributed by atoms with Crippen LogP contribution in [-0.2, 0) is 4.79 Å². The first-order valence-electron chi connectivity index (χ1n) is 9.72. The van der Waals surface area contributed by atoms with Crippen LogP contribution in [0, 0.1) is 0 Å². The number of rotatable bonds is 9. The molecule has 3 aromatic carbocycles. The molecule has 0 unspecified atom stereocenters. The first-order chi connectivity index (χ1) is 15.5. The van der Waals surface area contributed by atoms with Crippen molar-refractivity contribution in [2.75, 3.05) is 37.7 Å². The molecule has 0 saturated carbocycles. The minimum atomic E-state index is -0.224. The van der Waals surface area contributed by atoms with E-state index >= 15 is 0 Å². The molecule has 3 rings (SSSR count). The Morgan fingerprint density at radius 3 is 2.22 bits per heavy atom. The standard InChI is InChI=1S/C24H24N2O5S/c1-29-18-9-7-16(8-10-18)24(28)25-17-5-4-6-20(13-17)32-15-23(27)26-21-14-19(30-2)11-12-22(21)31-3/h4-14H,15H2,1-3H3,(H,25,28)(H,26,27). The van der Waals surface area contributed by atoms with Crippen molar-refractivity contribution in [1.82, 2.24) is 0 Å². The average molecular weight is 453 g/mol. The molecule has 7 nitrogen and oxygen atoms in total. The van der Waals surface area contributed by atoms with Gasteiger partial charge in [0.1, 0.15) is 17.2 Å². The van der Waals surface area contributed by atoms with E-state index in [1.807, 2.05) is 18.2 Å². The number of hydrogen-bond donors (Lipinski definition) is 2. The van der Waals surface area contributed by atoms with Crippen molar-refractivity contribution in [2.45, 2.75) is 4.90 Å². The van der Waals surface area contributed by atoms with Gasteiger partial charge in [0.25, 0.3) is 5.91 Å². The maximum atomic E-state index is 12.5. The Kier molecular flexibility index (Phi) is 7.99. The SMILES string of the molecule is COc1ccc(C(=O)Nc2cccc(SCC(=O)Nc3cc(OC)ccc3OC)c2)cc1. The van der Waals surface area contributed by atoms with Crippen LogP contribution in [0.4, 0.5) is 11.4 Å². The van der Waals surface area contributed by atoms with Gasteiger partial charge in [0.2, 0.25) is 5.91 Å². The fraction of sp³-hybridized carbons (Fsp3) is 0.167. The molecule has 0 atom stereocenters. The molecule has 0 saturated heterocycles. The summed E-state index contributed by atoms with van der Waals surface area (Å²) in [7, 11) is 4.67. The molecule has 166 valence electrons. The fourth-order valence-electron chi connectivity index (χ4n) is 2.86. The minimum Gasteiger partial charge on any atom is -0.497 e. The summed E-state index contributed by atoms with van der Waals surface area (Å²) in [5.74, 6) is 1.63. The average Bonchev–Trinajstić information content (AvgIpc) is 2.83. The predicted molar refractivity (Wildman–Crippen MR) is 126 cm³/mol. The monoisotopic (exact) mass is 452 g/mol. The Morgan fingerprint density at radius 1 is 0.812 bits per heavy atom. The summed E-state index contributed by atoms with van der Waals surface area (Å²) in [4.78, 5) is 25.8. The van der Waals surface area contributed by atoms with Crippen LogP contribution in [-0.4, -0.2) is 38.9 Å². The van der Waals surface area contributed by atoms with Gasteiger partial charge in [-0.2, -0.15) is 0 Å². The summed E-state index contributed by atoms with van der Waals surface area (Å²) in [6.07, 6.45) is 0. The number of benzene rings is 3. The molecule has 8 heteroatoms. The van der Waals surface area contributed by atoms with E-state index in [2.05, 4.69) is 10.6 Å². The van der Waals surface area contributed by atoms with E-state index in [-0.39, 0.29) is 17.6 Å². The van der Waals surface area contributed by atoms with E-state index in [9.17, 15) is 9.59 Å². The number of nitrogens with one attached hydrogen (secondary N) is 2. The number of methoxy groups -OCH3 is 3. The van der Waals surface area contributed by atoms with Gasteiger partial charge in [0.15, 0.2) is 0 Å². The van der Waals surface area contributed by atoms with Gasteiger partial charge in [-0.3, -0.25) is 9.59 Å². The molecule has 2 N–H and O–H groups in total. The van der Waals surface area contributed by atoms with Crippen LogP contribution in [0.5, 0.6) is 17.2 Å². The van der Waals surface area contributed by atoms with Crippen molar-refractivity contribution in [1.29, 1.82) is 0 Å². The van der Waals surface area contributed by atoms with Crippen LogP contribution in [0.1, 0.15) is 10.4 Å². The van der Waals surface area contributed by atoms with Crippen molar-refractivity contribution >= 4 is 35.0 Å². The second kappa shape index (κ2) is 11.1. The highest BCUT2D eigenvalue weighted by Crippen LogP contribution is 2.29. The predicted octanol–water partition coefficient (Wildman–Crippen LogP) is 4.70. The van der Waals surface area contributed by atoms with E-state index in [0.29, 0.717) is 34.2 Å². The molecule has 0 aliphatic heterocycles. The molecule has 32 heavy (non-hydrogen) atoms. The molecule has 3 aromatic rings. The Bertz CT molecular complexity index is 1090. The zero-order valence-electron chi connectivity index (χ0n) is 18.0. The molecule has 0 aliphatic carbocycles. The third-order valence-electron chi connectivity index (χ3n) is 4.49. The number of anilines is 2. The fourth-order valence-corrected chi connectivity index (χ4v) is 3.61. The number of hydrogen-bond acceptors (Lipinski definition) is 6. The summed E-state index contributed by atoms with van der Waals surface area (Å²) in [6.45, 7) is 0. The van der Waals surface area contributed by atoms with Crippen molar-refractivity contribution in [2.24, 2.45) is 0 Å². The van der Waals surface area contributed by atoms with Gasteiger partial charge in [-0.05, 0) is 54.6 Å². The molecule has 0 aliphatic rings. The van der Waals surface area contributed by atoms with Crippen LogP contribution in [0.15, 0.2) is 71.6 Å². The van der Waals surface area contributed by atoms with E-state index in [0.717, 1.165) is 4.90 Å². The van der Waals surface area contributed by atoms with Crippen LogP contribution >= 0.6 is 11.8 Å².